The van der Waals surface area contributed by atoms with Gasteiger partial charge in [-0.05, 0) is 42.3 Å². The van der Waals surface area contributed by atoms with Crippen LogP contribution in [-0.2, 0) is 14.3 Å². The van der Waals surface area contributed by atoms with Crippen LogP contribution in [0.2, 0.25) is 5.02 Å². The molecule has 9 heteroatoms. The third kappa shape index (κ3) is 5.51. The lowest BCUT2D eigenvalue weighted by atomic mass is 9.95. The van der Waals surface area contributed by atoms with Crippen molar-refractivity contribution in [2.45, 2.75) is 19.4 Å². The van der Waals surface area contributed by atoms with Crippen molar-refractivity contribution in [3.8, 4) is 11.5 Å². The molecule has 0 bridgehead atoms. The number of nitrogens with zero attached hydrogens (tertiary/aromatic N) is 1. The molecule has 2 saturated heterocycles. The van der Waals surface area contributed by atoms with Crippen molar-refractivity contribution in [1.29, 1.82) is 0 Å². The summed E-state index contributed by atoms with van der Waals surface area (Å²) >= 11 is 6.24. The molecule has 2 heterocycles. The lowest BCUT2D eigenvalue weighted by molar-refractivity contribution is -0.908. The van der Waals surface area contributed by atoms with Crippen LogP contribution >= 0.6 is 11.6 Å². The van der Waals surface area contributed by atoms with Gasteiger partial charge in [0.2, 0.25) is 5.78 Å². The van der Waals surface area contributed by atoms with Gasteiger partial charge in [0, 0.05) is 18.5 Å². The molecule has 192 valence electrons. The second kappa shape index (κ2) is 11.8. The van der Waals surface area contributed by atoms with Crippen LogP contribution in [0.15, 0.2) is 48.0 Å². The number of halogens is 1. The molecule has 2 fully saturated rings. The Bertz CT molecular complexity index is 1130. The molecule has 1 amide bonds. The van der Waals surface area contributed by atoms with Crippen molar-refractivity contribution in [2.24, 2.45) is 0 Å². The Morgan fingerprint density at radius 2 is 1.89 bits per heavy atom. The van der Waals surface area contributed by atoms with E-state index in [0.29, 0.717) is 36.6 Å². The fraction of sp³-hybridized carbons (Fsp3) is 0.407. The predicted molar refractivity (Wildman–Crippen MR) is 133 cm³/mol. The molecule has 0 spiro atoms. The molecular weight excluding hydrogens is 484 g/mol. The Morgan fingerprint density at radius 3 is 2.53 bits per heavy atom. The van der Waals surface area contributed by atoms with Gasteiger partial charge in [-0.15, -0.1) is 0 Å². The Kier molecular flexibility index (Phi) is 8.51. The molecule has 0 radical (unpaired) electrons. The minimum absolute atomic E-state index is 0.0656. The van der Waals surface area contributed by atoms with Gasteiger partial charge >= 0.3 is 0 Å². The molecule has 1 unspecified atom stereocenters. The third-order valence-corrected chi connectivity index (χ3v) is 6.87. The number of hydrogen-bond acceptors (Lipinski definition) is 6. The molecule has 8 nitrogen and oxygen atoms in total. The van der Waals surface area contributed by atoms with E-state index in [0.717, 1.165) is 32.8 Å². The topological polar surface area (TPSA) is 92.6 Å². The summed E-state index contributed by atoms with van der Waals surface area (Å²) in [6, 6.07) is 11.0. The summed E-state index contributed by atoms with van der Waals surface area (Å²) in [5.41, 5.74) is 0.843. The standard InChI is InChI=1S/C27H31ClN2O6/c1-3-36-20-8-5-18(6-9-20)24-23(25(31)19-7-10-22(34-2)21(28)17-19)26(32)27(33)30(24)12-4-11-29-13-15-35-16-14-29/h5-10,17,24,31H,3-4,11-16H2,1-2H3/b25-23+. The fourth-order valence-electron chi connectivity index (χ4n) is 4.73. The van der Waals surface area contributed by atoms with E-state index in [-0.39, 0.29) is 16.2 Å². The van der Waals surface area contributed by atoms with Gasteiger partial charge in [0.15, 0.2) is 0 Å². The number of carbonyl (C=O) groups is 2. The number of nitrogens with one attached hydrogen (secondary N) is 1. The van der Waals surface area contributed by atoms with E-state index >= 15 is 0 Å². The average Bonchev–Trinajstić information content (AvgIpc) is 3.14. The molecule has 2 aliphatic rings. The smallest absolute Gasteiger partial charge is 0.295 e. The number of Topliss-reactive ketones (excluding diaryl/α,β-unsaturated/α-hetero) is 1. The number of methoxy groups -OCH3 is 1. The van der Waals surface area contributed by atoms with E-state index in [1.807, 2.05) is 6.92 Å². The van der Waals surface area contributed by atoms with Gasteiger partial charge in [-0.2, -0.15) is 0 Å². The van der Waals surface area contributed by atoms with Gasteiger partial charge in [0.25, 0.3) is 5.91 Å². The number of benzene rings is 2. The molecule has 0 aliphatic carbocycles. The number of morpholine rings is 1. The van der Waals surface area contributed by atoms with Gasteiger partial charge < -0.3 is 29.1 Å². The zero-order valence-electron chi connectivity index (χ0n) is 20.6. The van der Waals surface area contributed by atoms with E-state index in [1.54, 1.807) is 36.4 Å². The highest BCUT2D eigenvalue weighted by molar-refractivity contribution is 6.46. The summed E-state index contributed by atoms with van der Waals surface area (Å²) in [6.07, 6.45) is 0.706. The van der Waals surface area contributed by atoms with E-state index < -0.39 is 23.5 Å². The van der Waals surface area contributed by atoms with Crippen molar-refractivity contribution in [3.05, 3.63) is 64.2 Å². The quantitative estimate of drug-likeness (QED) is 0.308. The molecule has 36 heavy (non-hydrogen) atoms. The van der Waals surface area contributed by atoms with Gasteiger partial charge in [0.1, 0.15) is 24.6 Å². The maximum atomic E-state index is 13.6. The third-order valence-electron chi connectivity index (χ3n) is 6.58. The van der Waals surface area contributed by atoms with Crippen LogP contribution in [0.4, 0.5) is 0 Å². The Morgan fingerprint density at radius 1 is 1.17 bits per heavy atom. The van der Waals surface area contributed by atoms with Crippen molar-refractivity contribution in [3.63, 3.8) is 0 Å². The lowest BCUT2D eigenvalue weighted by Gasteiger charge is -2.29. The summed E-state index contributed by atoms with van der Waals surface area (Å²) in [5.74, 6) is -0.854. The summed E-state index contributed by atoms with van der Waals surface area (Å²) in [6.45, 7) is 6.92. The number of rotatable bonds is 9. The first kappa shape index (κ1) is 26.0. The molecule has 1 N–H and O–H groups in total. The molecule has 4 rings (SSSR count). The van der Waals surface area contributed by atoms with Gasteiger partial charge in [-0.3, -0.25) is 9.59 Å². The predicted octanol–water partition coefficient (Wildman–Crippen LogP) is 1.28. The molecule has 0 aromatic heterocycles. The monoisotopic (exact) mass is 514 g/mol. The van der Waals surface area contributed by atoms with Gasteiger partial charge in [-0.1, -0.05) is 35.6 Å². The van der Waals surface area contributed by atoms with Crippen molar-refractivity contribution < 1.29 is 33.8 Å². The summed E-state index contributed by atoms with van der Waals surface area (Å²) in [4.78, 5) is 29.3. The largest absolute Gasteiger partial charge is 0.872 e. The Labute approximate surface area is 216 Å². The number of ether oxygens (including phenoxy) is 3. The lowest BCUT2D eigenvalue weighted by Crippen LogP contribution is -3.14. The molecule has 0 saturated carbocycles. The zero-order chi connectivity index (χ0) is 25.7. The van der Waals surface area contributed by atoms with Crippen LogP contribution in [0.3, 0.4) is 0 Å². The van der Waals surface area contributed by atoms with E-state index in [9.17, 15) is 14.7 Å². The molecular formula is C27H31ClN2O6. The maximum Gasteiger partial charge on any atom is 0.295 e. The second-order valence-corrected chi connectivity index (χ2v) is 9.20. The summed E-state index contributed by atoms with van der Waals surface area (Å²) in [7, 11) is 1.48. The second-order valence-electron chi connectivity index (χ2n) is 8.79. The highest BCUT2D eigenvalue weighted by atomic mass is 35.5. The number of carbonyl (C=O) groups excluding carboxylic acids is 2. The number of likely N-dealkylation sites (tertiary alicyclic amines) is 1. The number of ketones is 1. The van der Waals surface area contributed by atoms with Crippen molar-refractivity contribution >= 4 is 29.1 Å². The van der Waals surface area contributed by atoms with Crippen LogP contribution in [0.25, 0.3) is 5.76 Å². The van der Waals surface area contributed by atoms with Crippen molar-refractivity contribution in [1.82, 2.24) is 4.90 Å². The number of amides is 1. The van der Waals surface area contributed by atoms with Crippen LogP contribution in [-0.4, -0.2) is 69.7 Å². The van der Waals surface area contributed by atoms with E-state index in [4.69, 9.17) is 25.8 Å². The Hall–Kier alpha value is -3.07. The highest BCUT2D eigenvalue weighted by Crippen LogP contribution is 2.40. The highest BCUT2D eigenvalue weighted by Gasteiger charge is 2.44. The maximum absolute atomic E-state index is 13.6. The minimum atomic E-state index is -0.784. The first-order valence-corrected chi connectivity index (χ1v) is 12.6. The first-order valence-electron chi connectivity index (χ1n) is 12.2. The zero-order valence-corrected chi connectivity index (χ0v) is 21.3. The van der Waals surface area contributed by atoms with Crippen molar-refractivity contribution in [2.75, 3.05) is 53.1 Å². The number of quaternary nitrogens is 1. The summed E-state index contributed by atoms with van der Waals surface area (Å²) in [5, 5.41) is 13.8. The molecule has 1 atom stereocenters. The molecule has 2 aromatic carbocycles. The van der Waals surface area contributed by atoms with Gasteiger partial charge in [0.05, 0.1) is 44.5 Å². The van der Waals surface area contributed by atoms with Crippen LogP contribution in [0, 0.1) is 0 Å². The molecule has 2 aliphatic heterocycles. The van der Waals surface area contributed by atoms with E-state index in [1.165, 1.54) is 23.0 Å². The summed E-state index contributed by atoms with van der Waals surface area (Å²) < 4.78 is 16.1. The van der Waals surface area contributed by atoms with Crippen LogP contribution < -0.4 is 19.5 Å². The Balaban J connectivity index is 1.68. The first-order chi connectivity index (χ1) is 17.4. The van der Waals surface area contributed by atoms with E-state index in [2.05, 4.69) is 0 Å². The van der Waals surface area contributed by atoms with Gasteiger partial charge in [-0.25, -0.2) is 0 Å². The molecule has 2 aromatic rings. The SMILES string of the molecule is CCOc1ccc(C2/C(=C(\[O-])c3ccc(OC)c(Cl)c3)C(=O)C(=O)N2CCC[NH+]2CCOCC2)cc1. The fourth-order valence-corrected chi connectivity index (χ4v) is 4.99. The van der Waals surface area contributed by atoms with Crippen LogP contribution in [0.5, 0.6) is 11.5 Å². The average molecular weight is 515 g/mol. The minimum Gasteiger partial charge on any atom is -0.872 e. The normalized spacial score (nSPS) is 20.1. The number of hydrogen-bond donors (Lipinski definition) is 1. The van der Waals surface area contributed by atoms with Crippen LogP contribution in [0.1, 0.15) is 30.5 Å².